The Labute approximate surface area is 223 Å². The lowest BCUT2D eigenvalue weighted by Crippen LogP contribution is -2.37. The second kappa shape index (κ2) is 11.8. The number of nitrogens with one attached hydrogen (secondary N) is 2. The quantitative estimate of drug-likeness (QED) is 0.246. The Morgan fingerprint density at radius 3 is 2.62 bits per heavy atom. The van der Waals surface area contributed by atoms with Gasteiger partial charge in [-0.05, 0) is 24.8 Å². The Kier molecular flexibility index (Phi) is 8.65. The molecule has 3 aromatic heterocycles. The maximum absolute atomic E-state index is 13.9. The molecular weight excluding hydrogens is 550 g/mol. The lowest BCUT2D eigenvalue weighted by Gasteiger charge is -2.33. The molecule has 0 radical (unpaired) electrons. The van der Waals surface area contributed by atoms with E-state index in [9.17, 15) is 41.0 Å². The predicted molar refractivity (Wildman–Crippen MR) is 125 cm³/mol. The fourth-order valence-corrected chi connectivity index (χ4v) is 4.53. The Balaban J connectivity index is 1.56. The van der Waals surface area contributed by atoms with Gasteiger partial charge in [0.15, 0.2) is 11.9 Å². The smallest absolute Gasteiger partial charge is 0.369 e. The Morgan fingerprint density at radius 2 is 1.95 bits per heavy atom. The average molecular weight is 576 g/mol. The minimum atomic E-state index is -4.53. The zero-order valence-corrected chi connectivity index (χ0v) is 20.9. The summed E-state index contributed by atoms with van der Waals surface area (Å²) in [7, 11) is 0. The van der Waals surface area contributed by atoms with Crippen molar-refractivity contribution in [3.05, 3.63) is 47.2 Å². The minimum absolute atomic E-state index is 0.00245. The van der Waals surface area contributed by atoms with Gasteiger partial charge in [-0.2, -0.15) is 18.3 Å². The van der Waals surface area contributed by atoms with E-state index in [1.807, 2.05) is 5.32 Å². The molecule has 2 amide bonds. The van der Waals surface area contributed by atoms with Crippen LogP contribution in [0.25, 0.3) is 5.65 Å². The zero-order valence-electron chi connectivity index (χ0n) is 20.9. The van der Waals surface area contributed by atoms with Crippen molar-refractivity contribution in [3.8, 4) is 0 Å². The largest absolute Gasteiger partial charge is 0.389 e. The molecule has 3 heterocycles. The number of hydrogen-bond acceptors (Lipinski definition) is 7. The summed E-state index contributed by atoms with van der Waals surface area (Å²) in [5.74, 6) is -4.94. The molecule has 3 aromatic rings. The van der Waals surface area contributed by atoms with Crippen LogP contribution in [0.3, 0.4) is 0 Å². The molecule has 3 N–H and O–H groups in total. The van der Waals surface area contributed by atoms with Crippen molar-refractivity contribution in [1.82, 2.24) is 30.4 Å². The first-order valence-electron chi connectivity index (χ1n) is 12.4. The summed E-state index contributed by atoms with van der Waals surface area (Å²) in [6.07, 6.45) is -5.51. The third-order valence-corrected chi connectivity index (χ3v) is 6.67. The summed E-state index contributed by atoms with van der Waals surface area (Å²) in [5.41, 5.74) is 0.544. The van der Waals surface area contributed by atoms with Crippen molar-refractivity contribution in [3.63, 3.8) is 0 Å². The number of carbonyl (C=O) groups is 2. The van der Waals surface area contributed by atoms with Gasteiger partial charge in [-0.1, -0.05) is 5.16 Å². The molecule has 10 nitrogen and oxygen atoms in total. The van der Waals surface area contributed by atoms with Gasteiger partial charge < -0.3 is 20.3 Å². The lowest BCUT2D eigenvalue weighted by molar-refractivity contribution is -0.145. The van der Waals surface area contributed by atoms with Crippen LogP contribution in [0.2, 0.25) is 0 Å². The molecule has 0 aromatic carbocycles. The van der Waals surface area contributed by atoms with Gasteiger partial charge in [0.2, 0.25) is 11.8 Å². The number of imidazole rings is 1. The summed E-state index contributed by atoms with van der Waals surface area (Å²) in [6.45, 7) is -0.775. The van der Waals surface area contributed by atoms with E-state index in [1.54, 1.807) is 0 Å². The fraction of sp³-hybridized carbons (Fsp3) is 0.542. The molecule has 1 aliphatic rings. The second-order valence-corrected chi connectivity index (χ2v) is 9.60. The van der Waals surface area contributed by atoms with Crippen molar-refractivity contribution < 1.29 is 45.6 Å². The van der Waals surface area contributed by atoms with E-state index in [0.717, 1.165) is 6.26 Å². The number of aryl methyl sites for hydroxylation is 1. The molecule has 0 spiro atoms. The number of alkyl halides is 6. The zero-order chi connectivity index (χ0) is 29.1. The number of aliphatic hydroxyl groups is 1. The molecule has 4 rings (SSSR count). The first-order chi connectivity index (χ1) is 18.8. The van der Waals surface area contributed by atoms with E-state index in [-0.39, 0.29) is 60.3 Å². The van der Waals surface area contributed by atoms with E-state index in [4.69, 9.17) is 4.52 Å². The van der Waals surface area contributed by atoms with Crippen molar-refractivity contribution in [2.45, 2.75) is 69.3 Å². The highest BCUT2D eigenvalue weighted by atomic mass is 19.4. The molecule has 0 aliphatic heterocycles. The van der Waals surface area contributed by atoms with Gasteiger partial charge in [0.05, 0.1) is 42.9 Å². The van der Waals surface area contributed by atoms with Gasteiger partial charge >= 0.3 is 6.18 Å². The molecule has 0 unspecified atom stereocenters. The highest BCUT2D eigenvalue weighted by molar-refractivity contribution is 5.95. The molecule has 2 atom stereocenters. The van der Waals surface area contributed by atoms with Crippen LogP contribution in [0, 0.1) is 5.92 Å². The third-order valence-electron chi connectivity index (χ3n) is 6.67. The number of aliphatic hydroxyl groups excluding tert-OH is 1. The van der Waals surface area contributed by atoms with Gasteiger partial charge in [-0.25, -0.2) is 18.3 Å². The normalized spacial score (nSPS) is 17.5. The van der Waals surface area contributed by atoms with Gasteiger partial charge in [0.25, 0.3) is 5.91 Å². The van der Waals surface area contributed by atoms with Crippen LogP contribution in [0.15, 0.2) is 29.2 Å². The molecule has 16 heteroatoms. The Morgan fingerprint density at radius 1 is 1.23 bits per heavy atom. The molecule has 1 fully saturated rings. The first kappa shape index (κ1) is 29.3. The van der Waals surface area contributed by atoms with Gasteiger partial charge in [0.1, 0.15) is 11.8 Å². The highest BCUT2D eigenvalue weighted by Crippen LogP contribution is 2.41. The summed E-state index contributed by atoms with van der Waals surface area (Å²) < 4.78 is 83.8. The summed E-state index contributed by atoms with van der Waals surface area (Å²) in [5, 5.41) is 22.8. The number of hydrogen-bond donors (Lipinski definition) is 3. The van der Waals surface area contributed by atoms with Crippen LogP contribution in [0.4, 0.5) is 26.3 Å². The van der Waals surface area contributed by atoms with Crippen LogP contribution >= 0.6 is 0 Å². The summed E-state index contributed by atoms with van der Waals surface area (Å²) in [6, 6.07) is 0.479. The standard InChI is InChI=1S/C24H26F6N6O4/c25-8-4-16-15(12-40-35-16)22(39)34-20(13-1-5-23(26,27)6-2-13)17-11-36-18(32-17)9-14(10-31-36)21(38)33-19(37)3-7-24(28,29)30/h9-13,20-21,38H,1-8H2,(H,33,37)(H,34,39)/t20-,21+/m0/s1. The maximum atomic E-state index is 13.9. The van der Waals surface area contributed by atoms with E-state index >= 15 is 0 Å². The molecule has 0 saturated heterocycles. The topological polar surface area (TPSA) is 135 Å². The number of carbonyl (C=O) groups excluding carboxylic acids is 2. The fourth-order valence-electron chi connectivity index (χ4n) is 4.53. The highest BCUT2D eigenvalue weighted by Gasteiger charge is 2.39. The van der Waals surface area contributed by atoms with E-state index < -0.39 is 61.6 Å². The number of aromatic nitrogens is 4. The maximum Gasteiger partial charge on any atom is 0.389 e. The van der Waals surface area contributed by atoms with Gasteiger partial charge in [-0.15, -0.1) is 0 Å². The van der Waals surface area contributed by atoms with Crippen LogP contribution < -0.4 is 10.6 Å². The molecule has 0 bridgehead atoms. The summed E-state index contributed by atoms with van der Waals surface area (Å²) >= 11 is 0. The van der Waals surface area contributed by atoms with Gasteiger partial charge in [0, 0.05) is 31.2 Å². The van der Waals surface area contributed by atoms with E-state index in [0.29, 0.717) is 0 Å². The number of rotatable bonds is 10. The molecule has 1 aliphatic carbocycles. The number of amides is 2. The molecular formula is C24H26F6N6O4. The number of nitrogens with zero attached hydrogens (tertiary/aromatic N) is 4. The second-order valence-electron chi connectivity index (χ2n) is 9.60. The van der Waals surface area contributed by atoms with Crippen molar-refractivity contribution in [1.29, 1.82) is 0 Å². The average Bonchev–Trinajstić information content (AvgIpc) is 3.52. The predicted octanol–water partition coefficient (Wildman–Crippen LogP) is 3.98. The monoisotopic (exact) mass is 576 g/mol. The first-order valence-corrected chi connectivity index (χ1v) is 12.4. The van der Waals surface area contributed by atoms with Crippen LogP contribution in [0.1, 0.15) is 78.1 Å². The SMILES string of the molecule is O=C(CCC(F)(F)F)N[C@H](O)c1cnn2cc([C@@H](NC(=O)c3conc3CCF)C3CCC(F)(F)CC3)nc2c1. The Hall–Kier alpha value is -3.69. The molecule has 218 valence electrons. The van der Waals surface area contributed by atoms with Crippen molar-refractivity contribution in [2.24, 2.45) is 5.92 Å². The number of halogens is 6. The van der Waals surface area contributed by atoms with Crippen LogP contribution in [-0.4, -0.2) is 55.4 Å². The van der Waals surface area contributed by atoms with Crippen LogP contribution in [-0.2, 0) is 11.2 Å². The lowest BCUT2D eigenvalue weighted by atomic mass is 9.81. The van der Waals surface area contributed by atoms with Crippen molar-refractivity contribution >= 4 is 17.5 Å². The molecule has 1 saturated carbocycles. The minimum Gasteiger partial charge on any atom is -0.369 e. The third kappa shape index (κ3) is 7.28. The van der Waals surface area contributed by atoms with Crippen LogP contribution in [0.5, 0.6) is 0 Å². The molecule has 40 heavy (non-hydrogen) atoms. The Bertz CT molecular complexity index is 1330. The van der Waals surface area contributed by atoms with E-state index in [1.165, 1.54) is 23.0 Å². The number of fused-ring (bicyclic) bond motifs is 1. The van der Waals surface area contributed by atoms with Crippen molar-refractivity contribution in [2.75, 3.05) is 6.67 Å². The van der Waals surface area contributed by atoms with Gasteiger partial charge in [-0.3, -0.25) is 14.0 Å². The summed E-state index contributed by atoms with van der Waals surface area (Å²) in [4.78, 5) is 29.3. The van der Waals surface area contributed by atoms with E-state index in [2.05, 4.69) is 20.6 Å².